The van der Waals surface area contributed by atoms with Crippen molar-refractivity contribution in [2.24, 2.45) is 0 Å². The fourth-order valence-electron chi connectivity index (χ4n) is 6.86. The van der Waals surface area contributed by atoms with Crippen LogP contribution in [0.3, 0.4) is 0 Å². The molecule has 0 radical (unpaired) electrons. The van der Waals surface area contributed by atoms with E-state index in [2.05, 4.69) is 109 Å². The second kappa shape index (κ2) is 5.73. The maximum atomic E-state index is 2.35. The highest BCUT2D eigenvalue weighted by Gasteiger charge is 2.21. The lowest BCUT2D eigenvalue weighted by Crippen LogP contribution is -1.93. The maximum Gasteiger partial charge on any atom is -0.000719 e. The van der Waals surface area contributed by atoms with Crippen LogP contribution in [-0.2, 0) is 0 Å². The molecule has 0 heterocycles. The van der Waals surface area contributed by atoms with Crippen LogP contribution < -0.4 is 0 Å². The highest BCUT2D eigenvalue weighted by molar-refractivity contribution is 6.48. The summed E-state index contributed by atoms with van der Waals surface area (Å²) in [7, 11) is 0. The van der Waals surface area contributed by atoms with E-state index in [4.69, 9.17) is 0 Å². The first kappa shape index (κ1) is 17.1. The van der Waals surface area contributed by atoms with E-state index in [1.165, 1.54) is 86.2 Å². The van der Waals surface area contributed by atoms with E-state index < -0.39 is 0 Å². The third-order valence-electron chi connectivity index (χ3n) is 8.10. The minimum absolute atomic E-state index is 1.31. The summed E-state index contributed by atoms with van der Waals surface area (Å²) in [5.41, 5.74) is 0. The highest BCUT2D eigenvalue weighted by Crippen LogP contribution is 2.50. The quantitative estimate of drug-likeness (QED) is 0.167. The van der Waals surface area contributed by atoms with Gasteiger partial charge in [-0.15, -0.1) is 0 Å². The summed E-state index contributed by atoms with van der Waals surface area (Å²) in [4.78, 5) is 0. The molecule has 0 aliphatic carbocycles. The van der Waals surface area contributed by atoms with Gasteiger partial charge in [0.15, 0.2) is 0 Å². The largest absolute Gasteiger partial charge is 0.0616 e. The van der Waals surface area contributed by atoms with Gasteiger partial charge in [0.05, 0.1) is 0 Å². The molecule has 9 rings (SSSR count). The molecule has 154 valence electrons. The first-order valence-electron chi connectivity index (χ1n) is 12.0. The summed E-state index contributed by atoms with van der Waals surface area (Å²) in [5.74, 6) is 0. The van der Waals surface area contributed by atoms with Crippen molar-refractivity contribution < 1.29 is 0 Å². The van der Waals surface area contributed by atoms with Crippen molar-refractivity contribution in [1.82, 2.24) is 0 Å². The minimum Gasteiger partial charge on any atom is -0.0616 e. The summed E-state index contributed by atoms with van der Waals surface area (Å²) >= 11 is 0. The molecule has 0 bridgehead atoms. The molecule has 0 saturated carbocycles. The SMILES string of the molecule is c1ccc2c(c1)c1cccc3ccc4c5cccc6c7cccc8cccc(c87)c(c65)c2c4c31. The van der Waals surface area contributed by atoms with Crippen molar-refractivity contribution in [2.75, 3.05) is 0 Å². The van der Waals surface area contributed by atoms with Crippen molar-refractivity contribution in [1.29, 1.82) is 0 Å². The number of rotatable bonds is 0. The lowest BCUT2D eigenvalue weighted by atomic mass is 9.81. The van der Waals surface area contributed by atoms with Crippen molar-refractivity contribution in [3.8, 4) is 0 Å². The standard InChI is InChI=1S/C34H18/c1-2-11-23-21(10-1)22-12-4-9-20-17-18-27-26-15-6-14-25-24-13-3-7-19-8-5-16-28(29(19)24)34(31(25)26)33(23)32(27)30(20)22/h1-18H. The summed E-state index contributed by atoms with van der Waals surface area (Å²) in [6, 6.07) is 40.9. The van der Waals surface area contributed by atoms with Gasteiger partial charge in [0.2, 0.25) is 0 Å². The Morgan fingerprint density at radius 2 is 0.618 bits per heavy atom. The van der Waals surface area contributed by atoms with Gasteiger partial charge < -0.3 is 0 Å². The van der Waals surface area contributed by atoms with E-state index in [0.29, 0.717) is 0 Å². The number of benzene rings is 9. The number of hydrogen-bond acceptors (Lipinski definition) is 0. The second-order valence-electron chi connectivity index (χ2n) is 9.62. The Balaban J connectivity index is 1.82. The van der Waals surface area contributed by atoms with E-state index in [1.54, 1.807) is 0 Å². The van der Waals surface area contributed by atoms with Crippen LogP contribution in [0.25, 0.3) is 86.2 Å². The fraction of sp³-hybridized carbons (Fsp3) is 0. The number of hydrogen-bond donors (Lipinski definition) is 0. The van der Waals surface area contributed by atoms with Gasteiger partial charge in [-0.25, -0.2) is 0 Å². The second-order valence-corrected chi connectivity index (χ2v) is 9.62. The molecule has 0 aliphatic rings. The predicted molar refractivity (Wildman–Crippen MR) is 149 cm³/mol. The van der Waals surface area contributed by atoms with Gasteiger partial charge in [0.1, 0.15) is 0 Å². The van der Waals surface area contributed by atoms with Crippen LogP contribution in [0.5, 0.6) is 0 Å². The first-order valence-corrected chi connectivity index (χ1v) is 12.0. The summed E-state index contributed by atoms with van der Waals surface area (Å²) in [5, 5.41) is 21.8. The average Bonchev–Trinajstić information content (AvgIpc) is 2.90. The molecular formula is C34H18. The monoisotopic (exact) mass is 426 g/mol. The van der Waals surface area contributed by atoms with Gasteiger partial charge in [-0.05, 0) is 86.2 Å². The van der Waals surface area contributed by atoms with Crippen molar-refractivity contribution in [2.45, 2.75) is 0 Å². The Morgan fingerprint density at radius 3 is 1.35 bits per heavy atom. The molecule has 0 N–H and O–H groups in total. The summed E-state index contributed by atoms with van der Waals surface area (Å²) in [6.07, 6.45) is 0. The number of fused-ring (bicyclic) bond motifs is 7. The van der Waals surface area contributed by atoms with Crippen LogP contribution >= 0.6 is 0 Å². The van der Waals surface area contributed by atoms with Gasteiger partial charge >= 0.3 is 0 Å². The summed E-state index contributed by atoms with van der Waals surface area (Å²) in [6.45, 7) is 0. The lowest BCUT2D eigenvalue weighted by molar-refractivity contribution is 1.79. The average molecular weight is 427 g/mol. The third kappa shape index (κ3) is 1.82. The molecule has 0 nitrogen and oxygen atoms in total. The van der Waals surface area contributed by atoms with Gasteiger partial charge in [0.25, 0.3) is 0 Å². The Kier molecular flexibility index (Phi) is 2.88. The fourth-order valence-corrected chi connectivity index (χ4v) is 6.86. The lowest BCUT2D eigenvalue weighted by Gasteiger charge is -2.21. The molecular weight excluding hydrogens is 408 g/mol. The smallest absolute Gasteiger partial charge is 0.000719 e. The Morgan fingerprint density at radius 1 is 0.206 bits per heavy atom. The molecule has 0 saturated heterocycles. The first-order chi connectivity index (χ1) is 16.9. The molecule has 34 heavy (non-hydrogen) atoms. The van der Waals surface area contributed by atoms with Gasteiger partial charge in [0, 0.05) is 0 Å². The molecule has 0 aromatic heterocycles. The normalized spacial score (nSPS) is 12.7. The van der Waals surface area contributed by atoms with Crippen LogP contribution in [0.4, 0.5) is 0 Å². The molecule has 0 fully saturated rings. The zero-order valence-electron chi connectivity index (χ0n) is 18.4. The Hall–Kier alpha value is -4.42. The van der Waals surface area contributed by atoms with Crippen molar-refractivity contribution in [3.63, 3.8) is 0 Å². The molecule has 0 atom stereocenters. The molecule has 0 aliphatic heterocycles. The van der Waals surface area contributed by atoms with Crippen LogP contribution in [0.1, 0.15) is 0 Å². The third-order valence-corrected chi connectivity index (χ3v) is 8.10. The van der Waals surface area contributed by atoms with Crippen LogP contribution in [0.2, 0.25) is 0 Å². The van der Waals surface area contributed by atoms with E-state index in [-0.39, 0.29) is 0 Å². The van der Waals surface area contributed by atoms with E-state index in [9.17, 15) is 0 Å². The molecule has 9 aromatic rings. The van der Waals surface area contributed by atoms with Gasteiger partial charge in [-0.3, -0.25) is 0 Å². The Bertz CT molecular complexity index is 2250. The molecule has 0 spiro atoms. The maximum absolute atomic E-state index is 2.35. The molecule has 0 unspecified atom stereocenters. The van der Waals surface area contributed by atoms with Gasteiger partial charge in [-0.1, -0.05) is 109 Å². The van der Waals surface area contributed by atoms with Crippen LogP contribution in [0, 0.1) is 0 Å². The zero-order valence-corrected chi connectivity index (χ0v) is 18.4. The molecule has 0 amide bonds. The minimum atomic E-state index is 1.31. The van der Waals surface area contributed by atoms with Crippen LogP contribution in [0.15, 0.2) is 109 Å². The van der Waals surface area contributed by atoms with E-state index >= 15 is 0 Å². The van der Waals surface area contributed by atoms with Crippen molar-refractivity contribution in [3.05, 3.63) is 109 Å². The van der Waals surface area contributed by atoms with E-state index in [0.717, 1.165) is 0 Å². The van der Waals surface area contributed by atoms with Gasteiger partial charge in [-0.2, -0.15) is 0 Å². The topological polar surface area (TPSA) is 0 Å². The summed E-state index contributed by atoms with van der Waals surface area (Å²) < 4.78 is 0. The van der Waals surface area contributed by atoms with E-state index in [1.807, 2.05) is 0 Å². The molecule has 9 aromatic carbocycles. The molecule has 0 heteroatoms. The zero-order chi connectivity index (χ0) is 22.0. The van der Waals surface area contributed by atoms with Crippen molar-refractivity contribution >= 4 is 86.2 Å². The predicted octanol–water partition coefficient (Wildman–Crippen LogP) is 9.79. The van der Waals surface area contributed by atoms with Crippen LogP contribution in [-0.4, -0.2) is 0 Å². The highest BCUT2D eigenvalue weighted by atomic mass is 14.2. The Labute approximate surface area is 195 Å².